The average molecular weight is 481 g/mol. The molecule has 0 bridgehead atoms. The first-order valence-corrected chi connectivity index (χ1v) is 10.6. The Balaban J connectivity index is 1.61. The molecule has 1 unspecified atom stereocenters. The van der Waals surface area contributed by atoms with Crippen molar-refractivity contribution in [3.8, 4) is 0 Å². The average Bonchev–Trinajstić information content (AvgIpc) is 3.06. The van der Waals surface area contributed by atoms with Crippen molar-refractivity contribution in [3.05, 3.63) is 54.4 Å². The summed E-state index contributed by atoms with van der Waals surface area (Å²) >= 11 is 4.60. The summed E-state index contributed by atoms with van der Waals surface area (Å²) in [6.45, 7) is 2.96. The number of nitrogens with one attached hydrogen (secondary N) is 2. The molecule has 2 N–H and O–H groups in total. The van der Waals surface area contributed by atoms with Gasteiger partial charge in [0.1, 0.15) is 11.2 Å². The second kappa shape index (κ2) is 7.64. The molecule has 3 heterocycles. The molecule has 2 aliphatic rings. The molecular formula is C18H17BrN4O5S. The van der Waals surface area contributed by atoms with Crippen molar-refractivity contribution in [1.29, 1.82) is 0 Å². The predicted molar refractivity (Wildman–Crippen MR) is 110 cm³/mol. The van der Waals surface area contributed by atoms with Gasteiger partial charge in [-0.15, -0.1) is 11.3 Å². The summed E-state index contributed by atoms with van der Waals surface area (Å²) < 4.78 is 5.45. The number of nitro benzene ring substituents is 1. The lowest BCUT2D eigenvalue weighted by Crippen LogP contribution is -2.39. The minimum absolute atomic E-state index is 0.0695. The van der Waals surface area contributed by atoms with E-state index in [0.717, 1.165) is 10.4 Å². The number of amides is 2. The van der Waals surface area contributed by atoms with E-state index in [0.29, 0.717) is 46.7 Å². The van der Waals surface area contributed by atoms with Gasteiger partial charge in [-0.05, 0) is 40.9 Å². The third kappa shape index (κ3) is 3.55. The number of halogens is 1. The Labute approximate surface area is 178 Å². The minimum atomic E-state index is -0.580. The summed E-state index contributed by atoms with van der Waals surface area (Å²) in [6, 6.07) is 4.74. The van der Waals surface area contributed by atoms with Gasteiger partial charge < -0.3 is 20.3 Å². The first-order chi connectivity index (χ1) is 13.9. The highest BCUT2D eigenvalue weighted by molar-refractivity contribution is 9.10. The number of nitro groups is 1. The zero-order chi connectivity index (χ0) is 20.7. The maximum absolute atomic E-state index is 12.8. The van der Waals surface area contributed by atoms with Crippen LogP contribution >= 0.6 is 27.3 Å². The van der Waals surface area contributed by atoms with Crippen LogP contribution in [-0.4, -0.2) is 35.0 Å². The Morgan fingerprint density at radius 1 is 1.45 bits per heavy atom. The highest BCUT2D eigenvalue weighted by Crippen LogP contribution is 2.41. The number of nitrogens with zero attached hydrogens (tertiary/aromatic N) is 2. The lowest BCUT2D eigenvalue weighted by molar-refractivity contribution is -0.385. The quantitative estimate of drug-likeness (QED) is 0.510. The van der Waals surface area contributed by atoms with Crippen LogP contribution in [0.1, 0.15) is 39.5 Å². The lowest BCUT2D eigenvalue weighted by Gasteiger charge is -2.28. The summed E-state index contributed by atoms with van der Waals surface area (Å²) in [5.41, 5.74) is 2.05. The summed E-state index contributed by atoms with van der Waals surface area (Å²) in [6.07, 6.45) is -0.367. The molecule has 1 aromatic heterocycles. The topological polar surface area (TPSA) is 114 Å². The Hall–Kier alpha value is -2.66. The van der Waals surface area contributed by atoms with E-state index in [1.165, 1.54) is 17.4 Å². The first-order valence-electron chi connectivity index (χ1n) is 8.96. The van der Waals surface area contributed by atoms with Crippen molar-refractivity contribution in [2.45, 2.75) is 26.1 Å². The molecule has 1 aromatic carbocycles. The van der Waals surface area contributed by atoms with Crippen molar-refractivity contribution in [2.75, 3.05) is 18.5 Å². The number of fused-ring (bicyclic) bond motifs is 3. The van der Waals surface area contributed by atoms with E-state index in [1.807, 2.05) is 0 Å². The summed E-state index contributed by atoms with van der Waals surface area (Å²) in [5, 5.41) is 18.1. The molecule has 0 saturated heterocycles. The number of carbonyl (C=O) groups is 2. The highest BCUT2D eigenvalue weighted by Gasteiger charge is 2.35. The van der Waals surface area contributed by atoms with Crippen molar-refractivity contribution in [3.63, 3.8) is 0 Å². The summed E-state index contributed by atoms with van der Waals surface area (Å²) in [5.74, 6) is -0.226. The summed E-state index contributed by atoms with van der Waals surface area (Å²) in [4.78, 5) is 38.1. The molecule has 0 fully saturated rings. The van der Waals surface area contributed by atoms with Crippen molar-refractivity contribution < 1.29 is 19.2 Å². The van der Waals surface area contributed by atoms with Gasteiger partial charge in [-0.3, -0.25) is 14.9 Å². The van der Waals surface area contributed by atoms with Gasteiger partial charge in [0, 0.05) is 23.1 Å². The summed E-state index contributed by atoms with van der Waals surface area (Å²) in [7, 11) is 0. The molecule has 29 heavy (non-hydrogen) atoms. The minimum Gasteiger partial charge on any atom is -0.450 e. The van der Waals surface area contributed by atoms with E-state index < -0.39 is 11.1 Å². The third-order valence-electron chi connectivity index (χ3n) is 4.86. The molecule has 9 nitrogen and oxygen atoms in total. The van der Waals surface area contributed by atoms with Crippen LogP contribution in [0.3, 0.4) is 0 Å². The number of benzene rings is 1. The van der Waals surface area contributed by atoms with Gasteiger partial charge in [-0.2, -0.15) is 0 Å². The fourth-order valence-corrected chi connectivity index (χ4v) is 5.18. The molecule has 2 aromatic rings. The SMILES string of the molecule is CCOC(=O)N1CCc2c(sc3c2C(=O)NC(c2ccc(Br)c([N+](=O)[O-])c2)N3)C1. The van der Waals surface area contributed by atoms with Gasteiger partial charge in [-0.25, -0.2) is 4.79 Å². The number of anilines is 1. The smallest absolute Gasteiger partial charge is 0.410 e. The second-order valence-electron chi connectivity index (χ2n) is 6.60. The van der Waals surface area contributed by atoms with Gasteiger partial charge in [0.25, 0.3) is 11.6 Å². The van der Waals surface area contributed by atoms with E-state index in [4.69, 9.17) is 4.74 Å². The molecule has 0 radical (unpaired) electrons. The third-order valence-corrected chi connectivity index (χ3v) is 6.68. The Bertz CT molecular complexity index is 1020. The molecule has 11 heteroatoms. The fraction of sp³-hybridized carbons (Fsp3) is 0.333. The molecule has 0 saturated carbocycles. The van der Waals surface area contributed by atoms with Crippen LogP contribution < -0.4 is 10.6 Å². The highest BCUT2D eigenvalue weighted by atomic mass is 79.9. The van der Waals surface area contributed by atoms with Crippen LogP contribution in [0.2, 0.25) is 0 Å². The van der Waals surface area contributed by atoms with Crippen LogP contribution in [-0.2, 0) is 17.7 Å². The number of hydrogen-bond acceptors (Lipinski definition) is 7. The zero-order valence-corrected chi connectivity index (χ0v) is 17.8. The number of ether oxygens (including phenoxy) is 1. The maximum Gasteiger partial charge on any atom is 0.410 e. The van der Waals surface area contributed by atoms with Gasteiger partial charge in [-0.1, -0.05) is 6.07 Å². The van der Waals surface area contributed by atoms with Crippen molar-refractivity contribution in [2.24, 2.45) is 0 Å². The van der Waals surface area contributed by atoms with Crippen LogP contribution in [0, 0.1) is 10.1 Å². The number of thiophene rings is 1. The van der Waals surface area contributed by atoms with Gasteiger partial charge in [0.2, 0.25) is 0 Å². The molecule has 0 spiro atoms. The molecule has 2 amide bonds. The largest absolute Gasteiger partial charge is 0.450 e. The molecular weight excluding hydrogens is 464 g/mol. The molecule has 0 aliphatic carbocycles. The maximum atomic E-state index is 12.8. The second-order valence-corrected chi connectivity index (χ2v) is 8.56. The predicted octanol–water partition coefficient (Wildman–Crippen LogP) is 3.79. The van der Waals surface area contributed by atoms with E-state index in [1.54, 1.807) is 24.0 Å². The molecule has 152 valence electrons. The van der Waals surface area contributed by atoms with Crippen molar-refractivity contribution in [1.82, 2.24) is 10.2 Å². The molecule has 2 aliphatic heterocycles. The number of carbonyl (C=O) groups excluding carboxylic acids is 2. The molecule has 4 rings (SSSR count). The first kappa shape index (κ1) is 19.6. The van der Waals surface area contributed by atoms with Crippen molar-refractivity contribution >= 4 is 50.0 Å². The van der Waals surface area contributed by atoms with Crippen LogP contribution in [0.15, 0.2) is 22.7 Å². The number of hydrogen-bond donors (Lipinski definition) is 2. The lowest BCUT2D eigenvalue weighted by atomic mass is 10.0. The van der Waals surface area contributed by atoms with E-state index in [-0.39, 0.29) is 17.7 Å². The number of rotatable bonds is 3. The van der Waals surface area contributed by atoms with Gasteiger partial charge in [0.05, 0.1) is 28.1 Å². The standard InChI is InChI=1S/C18H17BrN4O5S/c1-2-28-18(25)22-6-5-10-13(8-22)29-17-14(10)16(24)20-15(21-17)9-3-4-11(19)12(7-9)23(26)27/h3-4,7,15,21H,2,5-6,8H2,1H3,(H,20,24). The Morgan fingerprint density at radius 2 is 2.24 bits per heavy atom. The zero-order valence-electron chi connectivity index (χ0n) is 15.4. The normalized spacial score (nSPS) is 17.7. The Morgan fingerprint density at radius 3 is 2.97 bits per heavy atom. The molecule has 1 atom stereocenters. The van der Waals surface area contributed by atoms with Gasteiger partial charge >= 0.3 is 6.09 Å². The van der Waals surface area contributed by atoms with E-state index in [9.17, 15) is 19.7 Å². The van der Waals surface area contributed by atoms with Crippen LogP contribution in [0.5, 0.6) is 0 Å². The fourth-order valence-electron chi connectivity index (χ4n) is 3.50. The monoisotopic (exact) mass is 480 g/mol. The van der Waals surface area contributed by atoms with Crippen LogP contribution in [0.25, 0.3) is 0 Å². The van der Waals surface area contributed by atoms with Crippen LogP contribution in [0.4, 0.5) is 15.5 Å². The van der Waals surface area contributed by atoms with E-state index in [2.05, 4.69) is 26.6 Å². The van der Waals surface area contributed by atoms with Gasteiger partial charge in [0.15, 0.2) is 0 Å². The van der Waals surface area contributed by atoms with E-state index >= 15 is 0 Å². The Kier molecular flexibility index (Phi) is 5.17.